The molecule has 2 rings (SSSR count). The van der Waals surface area contributed by atoms with E-state index in [0.717, 1.165) is 24.7 Å². The summed E-state index contributed by atoms with van der Waals surface area (Å²) in [6.07, 6.45) is 1.62. The van der Waals surface area contributed by atoms with Crippen LogP contribution in [0.3, 0.4) is 0 Å². The van der Waals surface area contributed by atoms with E-state index >= 15 is 0 Å². The Kier molecular flexibility index (Phi) is 10.3. The van der Waals surface area contributed by atoms with Gasteiger partial charge in [0.15, 0.2) is 5.96 Å². The molecule has 0 saturated carbocycles. The predicted molar refractivity (Wildman–Crippen MR) is 116 cm³/mol. The number of hydrogen-bond acceptors (Lipinski definition) is 4. The van der Waals surface area contributed by atoms with Crippen LogP contribution in [-0.4, -0.2) is 52.4 Å². The van der Waals surface area contributed by atoms with Crippen molar-refractivity contribution in [3.8, 4) is 5.75 Å². The quantitative estimate of drug-likeness (QED) is 0.209. The molecule has 1 aromatic carbocycles. The molecule has 7 nitrogen and oxygen atoms in total. The predicted octanol–water partition coefficient (Wildman–Crippen LogP) is 1.49. The molecule has 1 atom stereocenters. The summed E-state index contributed by atoms with van der Waals surface area (Å²) >= 11 is 0. The number of fused-ring (bicyclic) bond motifs is 1. The maximum atomic E-state index is 11.4. The Morgan fingerprint density at radius 1 is 1.23 bits per heavy atom. The maximum absolute atomic E-state index is 11.4. The lowest BCUT2D eigenvalue weighted by Gasteiger charge is -2.13. The number of aliphatic imine (C=N–C) groups is 1. The van der Waals surface area contributed by atoms with Crippen molar-refractivity contribution in [3.63, 3.8) is 0 Å². The van der Waals surface area contributed by atoms with Gasteiger partial charge in [-0.3, -0.25) is 0 Å². The summed E-state index contributed by atoms with van der Waals surface area (Å²) in [6, 6.07) is 8.06. The molecule has 148 valence electrons. The van der Waals surface area contributed by atoms with Gasteiger partial charge >= 0.3 is 0 Å². The third kappa shape index (κ3) is 7.67. The second-order valence-corrected chi connectivity index (χ2v) is 7.94. The minimum absolute atomic E-state index is 0. The molecule has 0 saturated heterocycles. The summed E-state index contributed by atoms with van der Waals surface area (Å²) in [6.45, 7) is 6.04. The van der Waals surface area contributed by atoms with E-state index in [1.165, 1.54) is 5.56 Å². The number of ether oxygens (including phenoxy) is 1. The van der Waals surface area contributed by atoms with Gasteiger partial charge in [0.05, 0.1) is 12.3 Å². The molecule has 1 unspecified atom stereocenters. The number of benzene rings is 1. The van der Waals surface area contributed by atoms with Crippen molar-refractivity contribution in [2.24, 2.45) is 4.99 Å². The highest BCUT2D eigenvalue weighted by atomic mass is 127. The molecule has 1 heterocycles. The zero-order chi connectivity index (χ0) is 18.1. The highest BCUT2D eigenvalue weighted by Crippen LogP contribution is 2.28. The average Bonchev–Trinajstić information content (AvgIpc) is 3.02. The number of nitrogens with zero attached hydrogens (tertiary/aromatic N) is 1. The molecule has 1 aromatic rings. The van der Waals surface area contributed by atoms with Gasteiger partial charge in [0, 0.05) is 26.1 Å². The van der Waals surface area contributed by atoms with E-state index in [0.29, 0.717) is 26.1 Å². The van der Waals surface area contributed by atoms with Crippen molar-refractivity contribution in [2.45, 2.75) is 32.8 Å². The lowest BCUT2D eigenvalue weighted by atomic mass is 10.1. The Morgan fingerprint density at radius 3 is 2.69 bits per heavy atom. The zero-order valence-electron chi connectivity index (χ0n) is 15.3. The van der Waals surface area contributed by atoms with Gasteiger partial charge in [-0.15, -0.1) is 24.0 Å². The second kappa shape index (κ2) is 11.6. The van der Waals surface area contributed by atoms with Crippen molar-refractivity contribution in [1.29, 1.82) is 0 Å². The number of hydrogen-bond donors (Lipinski definition) is 3. The van der Waals surface area contributed by atoms with Gasteiger partial charge in [-0.25, -0.2) is 18.1 Å². The van der Waals surface area contributed by atoms with Crippen molar-refractivity contribution in [3.05, 3.63) is 29.8 Å². The van der Waals surface area contributed by atoms with E-state index in [9.17, 15) is 8.42 Å². The van der Waals surface area contributed by atoms with Crippen LogP contribution in [0, 0.1) is 0 Å². The van der Waals surface area contributed by atoms with Crippen LogP contribution in [0.5, 0.6) is 5.75 Å². The molecule has 1 aliphatic heterocycles. The SMILES string of the molecule is CCNC(=NCC1Cc2ccccc2O1)NCCCNS(=O)(=O)CC.I. The van der Waals surface area contributed by atoms with E-state index in [1.54, 1.807) is 6.92 Å². The highest BCUT2D eigenvalue weighted by Gasteiger charge is 2.21. The van der Waals surface area contributed by atoms with Gasteiger partial charge < -0.3 is 15.4 Å². The van der Waals surface area contributed by atoms with Crippen LogP contribution < -0.4 is 20.1 Å². The summed E-state index contributed by atoms with van der Waals surface area (Å²) in [4.78, 5) is 4.57. The van der Waals surface area contributed by atoms with E-state index in [2.05, 4.69) is 26.4 Å². The molecule has 0 spiro atoms. The average molecular weight is 496 g/mol. The normalized spacial score (nSPS) is 16.4. The first kappa shape index (κ1) is 23.0. The summed E-state index contributed by atoms with van der Waals surface area (Å²) in [7, 11) is -3.12. The fourth-order valence-electron chi connectivity index (χ4n) is 2.52. The van der Waals surface area contributed by atoms with Crippen LogP contribution in [0.15, 0.2) is 29.3 Å². The standard InChI is InChI=1S/C17H28N4O3S.HI/c1-3-18-17(19-10-7-11-21-25(22,23)4-2)20-13-15-12-14-8-5-6-9-16(14)24-15;/h5-6,8-9,15,21H,3-4,7,10-13H2,1-2H3,(H2,18,19,20);1H. The van der Waals surface area contributed by atoms with Crippen molar-refractivity contribution in [1.82, 2.24) is 15.4 Å². The minimum atomic E-state index is -3.12. The summed E-state index contributed by atoms with van der Waals surface area (Å²) in [5, 5.41) is 6.41. The first-order valence-electron chi connectivity index (χ1n) is 8.78. The molecule has 0 fully saturated rings. The number of nitrogens with one attached hydrogen (secondary N) is 3. The number of sulfonamides is 1. The number of halogens is 1. The third-order valence-electron chi connectivity index (χ3n) is 3.86. The molecule has 0 aromatic heterocycles. The van der Waals surface area contributed by atoms with Gasteiger partial charge in [0.2, 0.25) is 10.0 Å². The van der Waals surface area contributed by atoms with E-state index in [1.807, 2.05) is 25.1 Å². The van der Waals surface area contributed by atoms with E-state index in [-0.39, 0.29) is 35.8 Å². The molecule has 0 amide bonds. The molecular weight excluding hydrogens is 467 g/mol. The van der Waals surface area contributed by atoms with Crippen LogP contribution >= 0.6 is 24.0 Å². The van der Waals surface area contributed by atoms with Gasteiger partial charge in [-0.1, -0.05) is 18.2 Å². The Morgan fingerprint density at radius 2 is 2.00 bits per heavy atom. The second-order valence-electron chi connectivity index (χ2n) is 5.85. The maximum Gasteiger partial charge on any atom is 0.211 e. The summed E-state index contributed by atoms with van der Waals surface area (Å²) < 4.78 is 31.2. The molecule has 0 bridgehead atoms. The van der Waals surface area contributed by atoms with Gasteiger partial charge in [-0.2, -0.15) is 0 Å². The topological polar surface area (TPSA) is 91.8 Å². The fraction of sp³-hybridized carbons (Fsp3) is 0.588. The van der Waals surface area contributed by atoms with Crippen LogP contribution in [0.4, 0.5) is 0 Å². The molecule has 9 heteroatoms. The smallest absolute Gasteiger partial charge is 0.211 e. The zero-order valence-corrected chi connectivity index (χ0v) is 18.5. The molecule has 0 aliphatic carbocycles. The summed E-state index contributed by atoms with van der Waals surface area (Å²) in [5.74, 6) is 1.78. The lowest BCUT2D eigenvalue weighted by Crippen LogP contribution is -2.39. The van der Waals surface area contributed by atoms with E-state index < -0.39 is 10.0 Å². The molecule has 1 aliphatic rings. The van der Waals surface area contributed by atoms with Crippen molar-refractivity contribution < 1.29 is 13.2 Å². The van der Waals surface area contributed by atoms with Crippen molar-refractivity contribution in [2.75, 3.05) is 31.9 Å². The van der Waals surface area contributed by atoms with Crippen LogP contribution in [-0.2, 0) is 16.4 Å². The molecule has 26 heavy (non-hydrogen) atoms. The third-order valence-corrected chi connectivity index (χ3v) is 5.26. The lowest BCUT2D eigenvalue weighted by molar-refractivity contribution is 0.241. The largest absolute Gasteiger partial charge is 0.488 e. The minimum Gasteiger partial charge on any atom is -0.488 e. The fourth-order valence-corrected chi connectivity index (χ4v) is 3.17. The van der Waals surface area contributed by atoms with Crippen LogP contribution in [0.1, 0.15) is 25.8 Å². The van der Waals surface area contributed by atoms with Gasteiger partial charge in [0.1, 0.15) is 11.9 Å². The van der Waals surface area contributed by atoms with Crippen molar-refractivity contribution >= 4 is 40.0 Å². The number of rotatable bonds is 9. The number of para-hydroxylation sites is 1. The van der Waals surface area contributed by atoms with Gasteiger partial charge in [-0.05, 0) is 31.9 Å². The van der Waals surface area contributed by atoms with Crippen LogP contribution in [0.2, 0.25) is 0 Å². The molecular formula is C17H29IN4O3S. The Labute approximate surface area is 173 Å². The molecule has 0 radical (unpaired) electrons. The van der Waals surface area contributed by atoms with Gasteiger partial charge in [0.25, 0.3) is 0 Å². The van der Waals surface area contributed by atoms with Crippen LogP contribution in [0.25, 0.3) is 0 Å². The first-order chi connectivity index (χ1) is 12.0. The number of guanidine groups is 1. The monoisotopic (exact) mass is 496 g/mol. The Balaban J connectivity index is 0.00000338. The first-order valence-corrected chi connectivity index (χ1v) is 10.4. The Bertz CT molecular complexity index is 657. The highest BCUT2D eigenvalue weighted by molar-refractivity contribution is 14.0. The molecule has 3 N–H and O–H groups in total. The van der Waals surface area contributed by atoms with E-state index in [4.69, 9.17) is 4.74 Å². The Hall–Kier alpha value is -1.07. The summed E-state index contributed by atoms with van der Waals surface area (Å²) in [5.41, 5.74) is 1.23.